The summed E-state index contributed by atoms with van der Waals surface area (Å²) in [5.74, 6) is -0.979. The van der Waals surface area contributed by atoms with Gasteiger partial charge in [0, 0.05) is 31.3 Å². The number of nitrogens with two attached hydrogens (primary N) is 1. The third-order valence-corrected chi connectivity index (χ3v) is 2.56. The molecule has 5 heteroatoms. The molecule has 0 aliphatic heterocycles. The number of halogens is 2. The first kappa shape index (κ1) is 11.7. The summed E-state index contributed by atoms with van der Waals surface area (Å²) in [4.78, 5) is 0. The van der Waals surface area contributed by atoms with Crippen LogP contribution in [-0.2, 0) is 13.5 Å². The lowest BCUT2D eigenvalue weighted by Crippen LogP contribution is -2.15. The molecular weight excluding hydrogens is 224 g/mol. The van der Waals surface area contributed by atoms with Gasteiger partial charge in [-0.05, 0) is 24.3 Å². The van der Waals surface area contributed by atoms with Crippen LogP contribution in [0.15, 0.2) is 30.5 Å². The van der Waals surface area contributed by atoms with E-state index in [0.717, 1.165) is 23.9 Å². The number of benzene rings is 1. The maximum atomic E-state index is 13.5. The van der Waals surface area contributed by atoms with Gasteiger partial charge in [0.2, 0.25) is 0 Å². The highest BCUT2D eigenvalue weighted by atomic mass is 19.1. The van der Waals surface area contributed by atoms with Gasteiger partial charge in [-0.3, -0.25) is 4.68 Å². The molecule has 0 fully saturated rings. The molecule has 0 spiro atoms. The molecule has 2 rings (SSSR count). The van der Waals surface area contributed by atoms with E-state index in [4.69, 9.17) is 5.73 Å². The van der Waals surface area contributed by atoms with Gasteiger partial charge in [-0.2, -0.15) is 5.10 Å². The van der Waals surface area contributed by atoms with Crippen molar-refractivity contribution in [2.45, 2.75) is 12.5 Å². The Bertz CT molecular complexity index is 522. The zero-order chi connectivity index (χ0) is 12.4. The Kier molecular flexibility index (Phi) is 3.19. The summed E-state index contributed by atoms with van der Waals surface area (Å²) in [7, 11) is 1.79. The van der Waals surface area contributed by atoms with E-state index >= 15 is 0 Å². The molecule has 0 bridgehead atoms. The zero-order valence-electron chi connectivity index (χ0n) is 9.40. The number of hydrogen-bond donors (Lipinski definition) is 1. The molecule has 0 amide bonds. The van der Waals surface area contributed by atoms with Crippen LogP contribution in [0, 0.1) is 11.6 Å². The summed E-state index contributed by atoms with van der Waals surface area (Å²) in [6, 6.07) is 4.50. The van der Waals surface area contributed by atoms with Gasteiger partial charge < -0.3 is 5.73 Å². The summed E-state index contributed by atoms with van der Waals surface area (Å²) in [6.45, 7) is 0. The van der Waals surface area contributed by atoms with Crippen molar-refractivity contribution in [3.05, 3.63) is 53.4 Å². The molecule has 1 atom stereocenters. The van der Waals surface area contributed by atoms with Crippen molar-refractivity contribution in [2.24, 2.45) is 12.8 Å². The molecular formula is C12H13F2N3. The van der Waals surface area contributed by atoms with Crippen LogP contribution in [0.5, 0.6) is 0 Å². The van der Waals surface area contributed by atoms with E-state index in [2.05, 4.69) is 5.10 Å². The van der Waals surface area contributed by atoms with Gasteiger partial charge in [0.15, 0.2) is 0 Å². The van der Waals surface area contributed by atoms with Gasteiger partial charge in [-0.1, -0.05) is 0 Å². The number of nitrogens with zero attached hydrogens (tertiary/aromatic N) is 2. The Morgan fingerprint density at radius 1 is 1.35 bits per heavy atom. The minimum Gasteiger partial charge on any atom is -0.324 e. The SMILES string of the molecule is Cn1ccc(CC(N)c2cc(F)ccc2F)n1. The Morgan fingerprint density at radius 3 is 2.76 bits per heavy atom. The van der Waals surface area contributed by atoms with Crippen LogP contribution in [0.3, 0.4) is 0 Å². The number of hydrogen-bond acceptors (Lipinski definition) is 2. The van der Waals surface area contributed by atoms with Crippen LogP contribution in [0.4, 0.5) is 8.78 Å². The fourth-order valence-corrected chi connectivity index (χ4v) is 1.71. The molecule has 0 aliphatic carbocycles. The van der Waals surface area contributed by atoms with Crippen LogP contribution < -0.4 is 5.73 Å². The second-order valence-corrected chi connectivity index (χ2v) is 3.96. The molecule has 3 nitrogen and oxygen atoms in total. The van der Waals surface area contributed by atoms with Gasteiger partial charge >= 0.3 is 0 Å². The quantitative estimate of drug-likeness (QED) is 0.886. The topological polar surface area (TPSA) is 43.8 Å². The Hall–Kier alpha value is -1.75. The highest BCUT2D eigenvalue weighted by Gasteiger charge is 2.14. The standard InChI is InChI=1S/C12H13F2N3/c1-17-5-4-9(16-17)7-12(15)10-6-8(13)2-3-11(10)14/h2-6,12H,7,15H2,1H3. The summed E-state index contributed by atoms with van der Waals surface area (Å²) in [5.41, 5.74) is 6.78. The second-order valence-electron chi connectivity index (χ2n) is 3.96. The Balaban J connectivity index is 2.19. The van der Waals surface area contributed by atoms with E-state index in [-0.39, 0.29) is 5.56 Å². The first-order valence-corrected chi connectivity index (χ1v) is 5.25. The first-order chi connectivity index (χ1) is 8.06. The highest BCUT2D eigenvalue weighted by molar-refractivity contribution is 5.23. The Morgan fingerprint density at radius 2 is 2.12 bits per heavy atom. The van der Waals surface area contributed by atoms with Crippen LogP contribution in [0.2, 0.25) is 0 Å². The first-order valence-electron chi connectivity index (χ1n) is 5.25. The van der Waals surface area contributed by atoms with E-state index in [1.807, 2.05) is 0 Å². The minimum atomic E-state index is -0.597. The van der Waals surface area contributed by atoms with E-state index in [1.165, 1.54) is 0 Å². The van der Waals surface area contributed by atoms with Crippen molar-refractivity contribution in [3.63, 3.8) is 0 Å². The lowest BCUT2D eigenvalue weighted by atomic mass is 10.0. The average Bonchev–Trinajstić information content (AvgIpc) is 2.67. The molecule has 2 N–H and O–H groups in total. The van der Waals surface area contributed by atoms with Crippen molar-refractivity contribution >= 4 is 0 Å². The largest absolute Gasteiger partial charge is 0.324 e. The monoisotopic (exact) mass is 237 g/mol. The molecule has 0 saturated carbocycles. The molecule has 0 saturated heterocycles. The molecule has 90 valence electrons. The van der Waals surface area contributed by atoms with Crippen molar-refractivity contribution in [1.82, 2.24) is 9.78 Å². The minimum absolute atomic E-state index is 0.177. The predicted octanol–water partition coefficient (Wildman–Crippen LogP) is 1.94. The molecule has 1 heterocycles. The van der Waals surface area contributed by atoms with Crippen molar-refractivity contribution in [2.75, 3.05) is 0 Å². The summed E-state index contributed by atoms with van der Waals surface area (Å²) in [5, 5.41) is 4.15. The normalized spacial score (nSPS) is 12.7. The fourth-order valence-electron chi connectivity index (χ4n) is 1.71. The van der Waals surface area contributed by atoms with E-state index in [1.54, 1.807) is 24.0 Å². The number of aromatic nitrogens is 2. The van der Waals surface area contributed by atoms with Gasteiger partial charge in [0.25, 0.3) is 0 Å². The maximum Gasteiger partial charge on any atom is 0.128 e. The summed E-state index contributed by atoms with van der Waals surface area (Å²) < 4.78 is 28.1. The van der Waals surface area contributed by atoms with Crippen molar-refractivity contribution in [3.8, 4) is 0 Å². The third kappa shape index (κ3) is 2.68. The van der Waals surface area contributed by atoms with Gasteiger partial charge in [-0.15, -0.1) is 0 Å². The van der Waals surface area contributed by atoms with Crippen LogP contribution >= 0.6 is 0 Å². The molecule has 1 aromatic carbocycles. The smallest absolute Gasteiger partial charge is 0.128 e. The molecule has 1 aromatic heterocycles. The highest BCUT2D eigenvalue weighted by Crippen LogP contribution is 2.19. The summed E-state index contributed by atoms with van der Waals surface area (Å²) >= 11 is 0. The third-order valence-electron chi connectivity index (χ3n) is 2.56. The van der Waals surface area contributed by atoms with Crippen molar-refractivity contribution in [1.29, 1.82) is 0 Å². The van der Waals surface area contributed by atoms with Gasteiger partial charge in [0.05, 0.1) is 5.69 Å². The van der Waals surface area contributed by atoms with Gasteiger partial charge in [0.1, 0.15) is 11.6 Å². The number of aryl methyl sites for hydroxylation is 1. The predicted molar refractivity (Wildman–Crippen MR) is 60.2 cm³/mol. The van der Waals surface area contributed by atoms with Crippen LogP contribution in [0.25, 0.3) is 0 Å². The molecule has 2 aromatic rings. The lowest BCUT2D eigenvalue weighted by molar-refractivity contribution is 0.557. The zero-order valence-corrected chi connectivity index (χ0v) is 9.40. The van der Waals surface area contributed by atoms with E-state index in [9.17, 15) is 8.78 Å². The fraction of sp³-hybridized carbons (Fsp3) is 0.250. The molecule has 0 aliphatic rings. The van der Waals surface area contributed by atoms with E-state index < -0.39 is 17.7 Å². The maximum absolute atomic E-state index is 13.5. The van der Waals surface area contributed by atoms with Crippen molar-refractivity contribution < 1.29 is 8.78 Å². The molecule has 17 heavy (non-hydrogen) atoms. The molecule has 1 unspecified atom stereocenters. The number of rotatable bonds is 3. The summed E-state index contributed by atoms with van der Waals surface area (Å²) in [6.07, 6.45) is 2.16. The average molecular weight is 237 g/mol. The van der Waals surface area contributed by atoms with Crippen LogP contribution in [0.1, 0.15) is 17.3 Å². The molecule has 0 radical (unpaired) electrons. The van der Waals surface area contributed by atoms with E-state index in [0.29, 0.717) is 6.42 Å². The lowest BCUT2D eigenvalue weighted by Gasteiger charge is -2.11. The van der Waals surface area contributed by atoms with Gasteiger partial charge in [-0.25, -0.2) is 8.78 Å². The van der Waals surface area contributed by atoms with Crippen LogP contribution in [-0.4, -0.2) is 9.78 Å². The Labute approximate surface area is 97.9 Å². The second kappa shape index (κ2) is 4.63.